The molecule has 3 aromatic carbocycles. The predicted octanol–water partition coefficient (Wildman–Crippen LogP) is 4.30. The topological polar surface area (TPSA) is 88.3 Å². The van der Waals surface area contributed by atoms with E-state index in [0.29, 0.717) is 5.82 Å². The Hall–Kier alpha value is -4.26. The average Bonchev–Trinajstić information content (AvgIpc) is 3.30. The zero-order chi connectivity index (χ0) is 23.2. The Morgan fingerprint density at radius 3 is 2.09 bits per heavy atom. The zero-order valence-electron chi connectivity index (χ0n) is 18.2. The summed E-state index contributed by atoms with van der Waals surface area (Å²) in [6.07, 6.45) is 0. The lowest BCUT2D eigenvalue weighted by atomic mass is 10.1. The molecule has 7 heteroatoms. The van der Waals surface area contributed by atoms with E-state index in [0.717, 1.165) is 16.8 Å². The molecule has 7 nitrogen and oxygen atoms in total. The minimum absolute atomic E-state index is 0.0197. The highest BCUT2D eigenvalue weighted by Gasteiger charge is 2.26. The molecule has 1 heterocycles. The van der Waals surface area contributed by atoms with Gasteiger partial charge in [-0.3, -0.25) is 9.59 Å². The first kappa shape index (κ1) is 22.0. The van der Waals surface area contributed by atoms with Gasteiger partial charge in [0.15, 0.2) is 5.82 Å². The summed E-state index contributed by atoms with van der Waals surface area (Å²) in [4.78, 5) is 31.1. The molecule has 0 aliphatic heterocycles. The van der Waals surface area contributed by atoms with Crippen molar-refractivity contribution in [1.82, 2.24) is 19.7 Å². The van der Waals surface area contributed by atoms with Crippen molar-refractivity contribution in [3.8, 4) is 17.1 Å². The molecule has 4 rings (SSSR count). The summed E-state index contributed by atoms with van der Waals surface area (Å²) in [6, 6.07) is 28.5. The largest absolute Gasteiger partial charge is 0.481 e. The van der Waals surface area contributed by atoms with Crippen LogP contribution >= 0.6 is 0 Å². The highest BCUT2D eigenvalue weighted by Crippen LogP contribution is 2.22. The van der Waals surface area contributed by atoms with Crippen LogP contribution < -0.4 is 0 Å². The van der Waals surface area contributed by atoms with Gasteiger partial charge in [0, 0.05) is 18.7 Å². The highest BCUT2D eigenvalue weighted by atomic mass is 16.4. The third-order valence-electron chi connectivity index (χ3n) is 5.25. The molecular weight excluding hydrogens is 416 g/mol. The predicted molar refractivity (Wildman–Crippen MR) is 125 cm³/mol. The van der Waals surface area contributed by atoms with Crippen LogP contribution in [0, 0.1) is 5.92 Å². The second-order valence-corrected chi connectivity index (χ2v) is 7.78. The Kier molecular flexibility index (Phi) is 6.59. The quantitative estimate of drug-likeness (QED) is 0.441. The molecule has 1 aromatic heterocycles. The van der Waals surface area contributed by atoms with E-state index in [1.807, 2.05) is 91.0 Å². The molecule has 0 saturated carbocycles. The summed E-state index contributed by atoms with van der Waals surface area (Å²) >= 11 is 0. The number of para-hydroxylation sites is 1. The van der Waals surface area contributed by atoms with Gasteiger partial charge in [-0.2, -0.15) is 0 Å². The lowest BCUT2D eigenvalue weighted by Crippen LogP contribution is -2.37. The maximum atomic E-state index is 13.5. The van der Waals surface area contributed by atoms with Crippen molar-refractivity contribution in [2.45, 2.75) is 13.5 Å². The fraction of sp³-hybridized carbons (Fsp3) is 0.154. The molecule has 1 amide bonds. The second kappa shape index (κ2) is 9.91. The van der Waals surface area contributed by atoms with Crippen molar-refractivity contribution in [2.24, 2.45) is 5.92 Å². The van der Waals surface area contributed by atoms with E-state index in [1.54, 1.807) is 11.6 Å². The minimum atomic E-state index is -0.964. The maximum Gasteiger partial charge on any atom is 0.308 e. The molecule has 0 radical (unpaired) electrons. The van der Waals surface area contributed by atoms with Crippen LogP contribution in [0.4, 0.5) is 0 Å². The lowest BCUT2D eigenvalue weighted by molar-refractivity contribution is -0.141. The van der Waals surface area contributed by atoms with Gasteiger partial charge in [-0.15, -0.1) is 5.10 Å². The molecule has 0 unspecified atom stereocenters. The summed E-state index contributed by atoms with van der Waals surface area (Å²) in [5, 5.41) is 14.0. The van der Waals surface area contributed by atoms with E-state index in [2.05, 4.69) is 10.1 Å². The SMILES string of the molecule is C[C@H](CN(Cc1ccccc1)C(=O)c1nc(-c2ccccc2)n(-c2ccccc2)n1)C(=O)O. The van der Waals surface area contributed by atoms with Gasteiger partial charge in [0.05, 0.1) is 11.6 Å². The number of hydrogen-bond acceptors (Lipinski definition) is 4. The molecule has 0 aliphatic carbocycles. The van der Waals surface area contributed by atoms with E-state index in [9.17, 15) is 14.7 Å². The Labute approximate surface area is 191 Å². The Morgan fingerprint density at radius 2 is 1.48 bits per heavy atom. The van der Waals surface area contributed by atoms with E-state index in [1.165, 1.54) is 4.90 Å². The number of aliphatic carboxylic acids is 1. The van der Waals surface area contributed by atoms with Crippen LogP contribution in [0.5, 0.6) is 0 Å². The van der Waals surface area contributed by atoms with Gasteiger partial charge < -0.3 is 10.0 Å². The monoisotopic (exact) mass is 440 g/mol. The zero-order valence-corrected chi connectivity index (χ0v) is 18.2. The molecule has 33 heavy (non-hydrogen) atoms. The van der Waals surface area contributed by atoms with Crippen LogP contribution in [0.1, 0.15) is 23.1 Å². The standard InChI is InChI=1S/C26H24N4O3/c1-19(26(32)33)17-29(18-20-11-5-2-6-12-20)25(31)23-27-24(21-13-7-3-8-14-21)30(28-23)22-15-9-4-10-16-22/h2-16,19H,17-18H2,1H3,(H,32,33)/t19-/m1/s1. The van der Waals surface area contributed by atoms with Crippen molar-refractivity contribution in [3.63, 3.8) is 0 Å². The normalized spacial score (nSPS) is 11.7. The summed E-state index contributed by atoms with van der Waals surface area (Å²) in [5.74, 6) is -1.56. The van der Waals surface area contributed by atoms with E-state index >= 15 is 0 Å². The summed E-state index contributed by atoms with van der Waals surface area (Å²) in [7, 11) is 0. The Bertz CT molecular complexity index is 1170. The van der Waals surface area contributed by atoms with Crippen LogP contribution in [0.2, 0.25) is 0 Å². The smallest absolute Gasteiger partial charge is 0.308 e. The van der Waals surface area contributed by atoms with Crippen molar-refractivity contribution < 1.29 is 14.7 Å². The molecule has 0 saturated heterocycles. The first-order chi connectivity index (χ1) is 16.0. The first-order valence-electron chi connectivity index (χ1n) is 10.7. The van der Waals surface area contributed by atoms with Crippen LogP contribution in [0.15, 0.2) is 91.0 Å². The number of aromatic nitrogens is 3. The Morgan fingerprint density at radius 1 is 0.909 bits per heavy atom. The fourth-order valence-electron chi connectivity index (χ4n) is 3.50. The first-order valence-corrected chi connectivity index (χ1v) is 10.7. The van der Waals surface area contributed by atoms with Crippen LogP contribution in [0.25, 0.3) is 17.1 Å². The number of nitrogens with zero attached hydrogens (tertiary/aromatic N) is 4. The molecule has 0 spiro atoms. The third-order valence-corrected chi connectivity index (χ3v) is 5.25. The summed E-state index contributed by atoms with van der Waals surface area (Å²) in [6.45, 7) is 1.89. The van der Waals surface area contributed by atoms with Crippen molar-refractivity contribution >= 4 is 11.9 Å². The molecule has 0 fully saturated rings. The molecule has 4 aromatic rings. The number of carboxylic acids is 1. The van der Waals surface area contributed by atoms with Gasteiger partial charge in [-0.05, 0) is 17.7 Å². The highest BCUT2D eigenvalue weighted by molar-refractivity contribution is 5.91. The van der Waals surface area contributed by atoms with Gasteiger partial charge in [0.1, 0.15) is 0 Å². The van der Waals surface area contributed by atoms with Crippen molar-refractivity contribution in [2.75, 3.05) is 6.54 Å². The minimum Gasteiger partial charge on any atom is -0.481 e. The number of amides is 1. The van der Waals surface area contributed by atoms with Gasteiger partial charge >= 0.3 is 5.97 Å². The lowest BCUT2D eigenvalue weighted by Gasteiger charge is -2.23. The number of carbonyl (C=O) groups is 2. The van der Waals surface area contributed by atoms with Crippen LogP contribution in [0.3, 0.4) is 0 Å². The summed E-state index contributed by atoms with van der Waals surface area (Å²) < 4.78 is 1.64. The molecule has 1 atom stereocenters. The van der Waals surface area contributed by atoms with Gasteiger partial charge in [-0.25, -0.2) is 9.67 Å². The van der Waals surface area contributed by atoms with Gasteiger partial charge in [0.25, 0.3) is 5.91 Å². The number of benzene rings is 3. The number of carbonyl (C=O) groups excluding carboxylic acids is 1. The summed E-state index contributed by atoms with van der Waals surface area (Å²) in [5.41, 5.74) is 2.49. The molecular formula is C26H24N4O3. The molecule has 1 N–H and O–H groups in total. The number of carboxylic acid groups (broad SMARTS) is 1. The third kappa shape index (κ3) is 5.15. The number of hydrogen-bond donors (Lipinski definition) is 1. The Balaban J connectivity index is 1.74. The average molecular weight is 441 g/mol. The van der Waals surface area contributed by atoms with E-state index in [4.69, 9.17) is 0 Å². The van der Waals surface area contributed by atoms with Crippen molar-refractivity contribution in [3.05, 3.63) is 102 Å². The van der Waals surface area contributed by atoms with E-state index < -0.39 is 17.8 Å². The van der Waals surface area contributed by atoms with Crippen molar-refractivity contribution in [1.29, 1.82) is 0 Å². The van der Waals surface area contributed by atoms with Gasteiger partial charge in [-0.1, -0.05) is 85.8 Å². The van der Waals surface area contributed by atoms with E-state index in [-0.39, 0.29) is 18.9 Å². The second-order valence-electron chi connectivity index (χ2n) is 7.78. The molecule has 0 aliphatic rings. The number of rotatable bonds is 8. The molecule has 0 bridgehead atoms. The maximum absolute atomic E-state index is 13.5. The molecule has 166 valence electrons. The van der Waals surface area contributed by atoms with Gasteiger partial charge in [0.2, 0.25) is 5.82 Å². The fourth-order valence-corrected chi connectivity index (χ4v) is 3.50. The van der Waals surface area contributed by atoms with Crippen LogP contribution in [-0.2, 0) is 11.3 Å². The van der Waals surface area contributed by atoms with Crippen LogP contribution in [-0.4, -0.2) is 43.2 Å².